The summed E-state index contributed by atoms with van der Waals surface area (Å²) in [6.45, 7) is 15.9. The SMILES string of the molecule is CCC(C)(C)N1CC2CC1(C(C)(C)CC)C2. The fourth-order valence-corrected chi connectivity index (χ4v) is 3.94. The van der Waals surface area contributed by atoms with Crippen molar-refractivity contribution in [1.82, 2.24) is 4.90 Å². The highest BCUT2D eigenvalue weighted by atomic mass is 15.3. The largest absolute Gasteiger partial charge is 0.292 e. The van der Waals surface area contributed by atoms with E-state index in [0.29, 0.717) is 16.5 Å². The maximum absolute atomic E-state index is 2.86. The molecule has 1 saturated carbocycles. The summed E-state index contributed by atoms with van der Waals surface area (Å²) >= 11 is 0. The first-order valence-corrected chi connectivity index (χ1v) is 7.07. The average molecular weight is 223 g/mol. The van der Waals surface area contributed by atoms with Gasteiger partial charge in [-0.05, 0) is 50.9 Å². The molecule has 0 amide bonds. The summed E-state index contributed by atoms with van der Waals surface area (Å²) in [6.07, 6.45) is 5.48. The van der Waals surface area contributed by atoms with Gasteiger partial charge in [-0.3, -0.25) is 4.90 Å². The summed E-state index contributed by atoms with van der Waals surface area (Å²) in [6, 6.07) is 0. The van der Waals surface area contributed by atoms with Crippen LogP contribution in [0.4, 0.5) is 0 Å². The average Bonchev–Trinajstić information content (AvgIpc) is 2.73. The molecule has 0 radical (unpaired) electrons. The molecular formula is C15H29N. The van der Waals surface area contributed by atoms with Gasteiger partial charge in [0.15, 0.2) is 0 Å². The summed E-state index contributed by atoms with van der Waals surface area (Å²) in [7, 11) is 0. The number of hydrogen-bond acceptors (Lipinski definition) is 1. The molecule has 3 rings (SSSR count). The molecule has 0 spiro atoms. The van der Waals surface area contributed by atoms with E-state index < -0.39 is 0 Å². The van der Waals surface area contributed by atoms with Crippen LogP contribution in [0.5, 0.6) is 0 Å². The van der Waals surface area contributed by atoms with Crippen LogP contribution in [-0.4, -0.2) is 22.5 Å². The third kappa shape index (κ3) is 1.40. The summed E-state index contributed by atoms with van der Waals surface area (Å²) in [5, 5.41) is 0. The first kappa shape index (κ1) is 12.4. The van der Waals surface area contributed by atoms with E-state index in [1.165, 1.54) is 32.2 Å². The van der Waals surface area contributed by atoms with Gasteiger partial charge < -0.3 is 0 Å². The Morgan fingerprint density at radius 3 is 2.06 bits per heavy atom. The molecule has 2 aliphatic heterocycles. The topological polar surface area (TPSA) is 3.24 Å². The van der Waals surface area contributed by atoms with Crippen LogP contribution >= 0.6 is 0 Å². The monoisotopic (exact) mass is 223 g/mol. The molecule has 3 fully saturated rings. The lowest BCUT2D eigenvalue weighted by molar-refractivity contribution is -0.0637. The number of nitrogens with zero attached hydrogens (tertiary/aromatic N) is 1. The fourth-order valence-electron chi connectivity index (χ4n) is 3.94. The van der Waals surface area contributed by atoms with Crippen molar-refractivity contribution in [3.63, 3.8) is 0 Å². The van der Waals surface area contributed by atoms with Gasteiger partial charge in [0.1, 0.15) is 0 Å². The lowest BCUT2D eigenvalue weighted by atomic mass is 9.57. The molecule has 0 atom stereocenters. The minimum absolute atomic E-state index is 0.387. The highest BCUT2D eigenvalue weighted by Gasteiger charge is 2.64. The Labute approximate surface area is 102 Å². The van der Waals surface area contributed by atoms with Gasteiger partial charge in [-0.15, -0.1) is 0 Å². The van der Waals surface area contributed by atoms with Gasteiger partial charge in [0.2, 0.25) is 0 Å². The van der Waals surface area contributed by atoms with Gasteiger partial charge in [-0.2, -0.15) is 0 Å². The zero-order chi connectivity index (χ0) is 12.2. The van der Waals surface area contributed by atoms with Crippen molar-refractivity contribution in [2.24, 2.45) is 11.3 Å². The predicted octanol–water partition coefficient (Wildman–Crippen LogP) is 4.08. The molecule has 0 aromatic carbocycles. The molecule has 94 valence electrons. The van der Waals surface area contributed by atoms with Crippen molar-refractivity contribution >= 4 is 0 Å². The molecule has 2 saturated heterocycles. The van der Waals surface area contributed by atoms with Gasteiger partial charge in [-0.25, -0.2) is 0 Å². The molecule has 0 aromatic rings. The molecular weight excluding hydrogens is 194 g/mol. The van der Waals surface area contributed by atoms with Crippen LogP contribution in [0.3, 0.4) is 0 Å². The van der Waals surface area contributed by atoms with Crippen molar-refractivity contribution in [3.8, 4) is 0 Å². The maximum atomic E-state index is 2.86. The summed E-state index contributed by atoms with van der Waals surface area (Å²) in [5.74, 6) is 0.997. The van der Waals surface area contributed by atoms with Crippen LogP contribution in [0.15, 0.2) is 0 Å². The Balaban J connectivity index is 2.29. The molecule has 0 unspecified atom stereocenters. The number of rotatable bonds is 4. The van der Waals surface area contributed by atoms with Crippen molar-refractivity contribution in [3.05, 3.63) is 0 Å². The molecule has 1 nitrogen and oxygen atoms in total. The second-order valence-corrected chi connectivity index (χ2v) is 7.32. The Bertz CT molecular complexity index is 268. The molecule has 0 aromatic heterocycles. The van der Waals surface area contributed by atoms with Crippen LogP contribution in [0.1, 0.15) is 67.2 Å². The van der Waals surface area contributed by atoms with E-state index in [2.05, 4.69) is 46.4 Å². The highest BCUT2D eigenvalue weighted by molar-refractivity contribution is 5.19. The van der Waals surface area contributed by atoms with E-state index in [0.717, 1.165) is 5.92 Å². The highest BCUT2D eigenvalue weighted by Crippen LogP contribution is 2.62. The van der Waals surface area contributed by atoms with Crippen molar-refractivity contribution < 1.29 is 0 Å². The second kappa shape index (κ2) is 3.48. The zero-order valence-corrected chi connectivity index (χ0v) is 12.1. The zero-order valence-electron chi connectivity index (χ0n) is 12.1. The van der Waals surface area contributed by atoms with Crippen LogP contribution < -0.4 is 0 Å². The second-order valence-electron chi connectivity index (χ2n) is 7.32. The van der Waals surface area contributed by atoms with E-state index in [1.54, 1.807) is 0 Å². The lowest BCUT2D eigenvalue weighted by Gasteiger charge is -2.57. The number of hydrogen-bond donors (Lipinski definition) is 0. The van der Waals surface area contributed by atoms with Crippen molar-refractivity contribution in [1.29, 1.82) is 0 Å². The van der Waals surface area contributed by atoms with E-state index in [-0.39, 0.29) is 0 Å². The minimum atomic E-state index is 0.387. The standard InChI is InChI=1S/C15H29N/c1-7-13(3,4)15-9-12(10-15)11-16(15)14(5,6)8-2/h12H,7-11H2,1-6H3. The minimum Gasteiger partial charge on any atom is -0.292 e. The molecule has 2 bridgehead atoms. The van der Waals surface area contributed by atoms with E-state index in [1.807, 2.05) is 0 Å². The van der Waals surface area contributed by atoms with Gasteiger partial charge in [0.25, 0.3) is 0 Å². The van der Waals surface area contributed by atoms with Crippen molar-refractivity contribution in [2.75, 3.05) is 6.54 Å². The van der Waals surface area contributed by atoms with E-state index in [4.69, 9.17) is 0 Å². The van der Waals surface area contributed by atoms with Crippen LogP contribution in [0, 0.1) is 11.3 Å². The fraction of sp³-hybridized carbons (Fsp3) is 1.00. The van der Waals surface area contributed by atoms with Gasteiger partial charge in [0.05, 0.1) is 0 Å². The van der Waals surface area contributed by atoms with Gasteiger partial charge in [-0.1, -0.05) is 27.7 Å². The third-order valence-electron chi connectivity index (χ3n) is 5.95. The van der Waals surface area contributed by atoms with Gasteiger partial charge >= 0.3 is 0 Å². The van der Waals surface area contributed by atoms with Crippen LogP contribution in [-0.2, 0) is 0 Å². The predicted molar refractivity (Wildman–Crippen MR) is 70.6 cm³/mol. The Hall–Kier alpha value is -0.0400. The van der Waals surface area contributed by atoms with Crippen molar-refractivity contribution in [2.45, 2.75) is 78.3 Å². The molecule has 1 aliphatic carbocycles. The molecule has 1 heteroatoms. The van der Waals surface area contributed by atoms with E-state index >= 15 is 0 Å². The Kier molecular flexibility index (Phi) is 2.70. The molecule has 16 heavy (non-hydrogen) atoms. The molecule has 0 N–H and O–H groups in total. The normalized spacial score (nSPS) is 35.2. The van der Waals surface area contributed by atoms with Crippen LogP contribution in [0.2, 0.25) is 0 Å². The molecule has 3 aliphatic rings. The molecule has 2 heterocycles. The summed E-state index contributed by atoms with van der Waals surface area (Å²) in [4.78, 5) is 2.86. The van der Waals surface area contributed by atoms with Gasteiger partial charge in [0, 0.05) is 17.6 Å². The third-order valence-corrected chi connectivity index (χ3v) is 5.95. The Morgan fingerprint density at radius 1 is 1.06 bits per heavy atom. The Morgan fingerprint density at radius 2 is 1.62 bits per heavy atom. The quantitative estimate of drug-likeness (QED) is 0.694. The number of fused-ring (bicyclic) bond motifs is 1. The lowest BCUT2D eigenvalue weighted by Crippen LogP contribution is -2.61. The summed E-state index contributed by atoms with van der Waals surface area (Å²) < 4.78 is 0. The van der Waals surface area contributed by atoms with E-state index in [9.17, 15) is 0 Å². The summed E-state index contributed by atoms with van der Waals surface area (Å²) in [5.41, 5.74) is 1.38. The first-order chi connectivity index (χ1) is 7.29. The maximum Gasteiger partial charge on any atom is 0.0272 e. The smallest absolute Gasteiger partial charge is 0.0272 e. The van der Waals surface area contributed by atoms with Crippen LogP contribution in [0.25, 0.3) is 0 Å². The first-order valence-electron chi connectivity index (χ1n) is 7.07.